The monoisotopic (exact) mass is 159 g/mol. The van der Waals surface area contributed by atoms with Crippen LogP contribution in [-0.2, 0) is 0 Å². The number of allylic oxidation sites excluding steroid dienone is 3. The smallest absolute Gasteiger partial charge is 0.246 e. The van der Waals surface area contributed by atoms with Gasteiger partial charge < -0.3 is 0 Å². The highest BCUT2D eigenvalue weighted by atomic mass is 35.5. The maximum atomic E-state index is 10.1. The molecular weight excluding hydrogens is 154 g/mol. The summed E-state index contributed by atoms with van der Waals surface area (Å²) in [4.78, 5) is 9.75. The van der Waals surface area contributed by atoms with Gasteiger partial charge in [-0.3, -0.25) is 10.1 Å². The van der Waals surface area contributed by atoms with Crippen LogP contribution in [0.1, 0.15) is 12.8 Å². The van der Waals surface area contributed by atoms with E-state index in [9.17, 15) is 10.1 Å². The van der Waals surface area contributed by atoms with E-state index in [2.05, 4.69) is 0 Å². The van der Waals surface area contributed by atoms with Crippen LogP contribution >= 0.6 is 11.6 Å². The van der Waals surface area contributed by atoms with E-state index in [1.54, 1.807) is 12.2 Å². The summed E-state index contributed by atoms with van der Waals surface area (Å²) in [6.45, 7) is 0. The molecule has 0 aromatic heterocycles. The van der Waals surface area contributed by atoms with E-state index in [-0.39, 0.29) is 10.6 Å². The highest BCUT2D eigenvalue weighted by Gasteiger charge is 2.12. The van der Waals surface area contributed by atoms with E-state index >= 15 is 0 Å². The van der Waals surface area contributed by atoms with Crippen LogP contribution in [0.5, 0.6) is 0 Å². The molecule has 54 valence electrons. The van der Waals surface area contributed by atoms with E-state index < -0.39 is 0 Å². The Morgan fingerprint density at radius 2 is 2.20 bits per heavy atom. The zero-order valence-corrected chi connectivity index (χ0v) is 5.97. The topological polar surface area (TPSA) is 43.1 Å². The summed E-state index contributed by atoms with van der Waals surface area (Å²) < 4.78 is 0. The third-order valence-corrected chi connectivity index (χ3v) is 1.61. The second-order valence-corrected chi connectivity index (χ2v) is 2.50. The Morgan fingerprint density at radius 3 is 2.60 bits per heavy atom. The van der Waals surface area contributed by atoms with E-state index in [0.29, 0.717) is 17.9 Å². The van der Waals surface area contributed by atoms with Crippen molar-refractivity contribution in [2.45, 2.75) is 12.8 Å². The average Bonchev–Trinajstić information content (AvgIpc) is 1.88. The minimum absolute atomic E-state index is 0.240. The van der Waals surface area contributed by atoms with Gasteiger partial charge in [0.2, 0.25) is 5.70 Å². The molecule has 0 saturated carbocycles. The highest BCUT2D eigenvalue weighted by molar-refractivity contribution is 6.29. The lowest BCUT2D eigenvalue weighted by molar-refractivity contribution is -0.427. The molecule has 0 atom stereocenters. The first kappa shape index (κ1) is 7.28. The lowest BCUT2D eigenvalue weighted by Gasteiger charge is -2.00. The van der Waals surface area contributed by atoms with Crippen LogP contribution in [0.2, 0.25) is 0 Å². The SMILES string of the molecule is O=[N+]([O-])C1=CCC(Cl)=CC1. The third kappa shape index (κ3) is 1.57. The summed E-state index contributed by atoms with van der Waals surface area (Å²) in [6.07, 6.45) is 4.06. The van der Waals surface area contributed by atoms with Crippen LogP contribution in [0, 0.1) is 10.1 Å². The van der Waals surface area contributed by atoms with Crippen molar-refractivity contribution in [3.8, 4) is 0 Å². The molecule has 0 radical (unpaired) electrons. The number of rotatable bonds is 1. The molecule has 0 fully saturated rings. The van der Waals surface area contributed by atoms with Crippen LogP contribution in [0.15, 0.2) is 22.9 Å². The van der Waals surface area contributed by atoms with E-state index in [4.69, 9.17) is 11.6 Å². The highest BCUT2D eigenvalue weighted by Crippen LogP contribution is 2.19. The predicted octanol–water partition coefficient (Wildman–Crippen LogP) is 2.06. The Bertz CT molecular complexity index is 220. The normalized spacial score (nSPS) is 17.7. The number of hydrogen-bond acceptors (Lipinski definition) is 2. The van der Waals surface area contributed by atoms with Crippen LogP contribution in [0.3, 0.4) is 0 Å². The van der Waals surface area contributed by atoms with Gasteiger partial charge >= 0.3 is 0 Å². The van der Waals surface area contributed by atoms with Gasteiger partial charge in [-0.05, 0) is 6.08 Å². The molecule has 0 N–H and O–H groups in total. The predicted molar refractivity (Wildman–Crippen MR) is 38.2 cm³/mol. The van der Waals surface area contributed by atoms with Crippen molar-refractivity contribution in [1.29, 1.82) is 0 Å². The third-order valence-electron chi connectivity index (χ3n) is 1.30. The minimum Gasteiger partial charge on any atom is -0.259 e. The van der Waals surface area contributed by atoms with Gasteiger partial charge in [-0.1, -0.05) is 17.7 Å². The Balaban J connectivity index is 2.62. The van der Waals surface area contributed by atoms with Crippen molar-refractivity contribution in [2.24, 2.45) is 0 Å². The molecule has 3 nitrogen and oxygen atoms in total. The number of nitrogens with zero attached hydrogens (tertiary/aromatic N) is 1. The maximum Gasteiger partial charge on any atom is 0.246 e. The van der Waals surface area contributed by atoms with Gasteiger partial charge in [0.25, 0.3) is 0 Å². The van der Waals surface area contributed by atoms with E-state index in [1.165, 1.54) is 0 Å². The summed E-state index contributed by atoms with van der Waals surface area (Å²) in [5.41, 5.74) is 0.240. The van der Waals surface area contributed by atoms with Gasteiger partial charge in [0, 0.05) is 11.5 Å². The van der Waals surface area contributed by atoms with Crippen molar-refractivity contribution in [3.05, 3.63) is 33.0 Å². The van der Waals surface area contributed by atoms with Gasteiger partial charge in [-0.2, -0.15) is 0 Å². The molecule has 4 heteroatoms. The first-order valence-electron chi connectivity index (χ1n) is 2.88. The Hall–Kier alpha value is -0.830. The maximum absolute atomic E-state index is 10.1. The minimum atomic E-state index is -0.375. The summed E-state index contributed by atoms with van der Waals surface area (Å²) >= 11 is 5.58. The van der Waals surface area contributed by atoms with E-state index in [0.717, 1.165) is 0 Å². The van der Waals surface area contributed by atoms with Gasteiger partial charge in [-0.15, -0.1) is 0 Å². The Labute approximate surface area is 63.1 Å². The first-order chi connectivity index (χ1) is 4.70. The zero-order chi connectivity index (χ0) is 7.56. The summed E-state index contributed by atoms with van der Waals surface area (Å²) in [6, 6.07) is 0. The average molecular weight is 160 g/mol. The van der Waals surface area contributed by atoms with Crippen molar-refractivity contribution in [3.63, 3.8) is 0 Å². The van der Waals surface area contributed by atoms with Crippen LogP contribution in [0.25, 0.3) is 0 Å². The number of halogens is 1. The number of hydrogen-bond donors (Lipinski definition) is 0. The summed E-state index contributed by atoms with van der Waals surface area (Å²) in [7, 11) is 0. The Kier molecular flexibility index (Phi) is 2.06. The fraction of sp³-hybridized carbons (Fsp3) is 0.333. The molecule has 1 rings (SSSR count). The first-order valence-corrected chi connectivity index (χ1v) is 3.26. The van der Waals surface area contributed by atoms with Crippen molar-refractivity contribution >= 4 is 11.6 Å². The Morgan fingerprint density at radius 1 is 1.50 bits per heavy atom. The molecule has 0 amide bonds. The van der Waals surface area contributed by atoms with Crippen molar-refractivity contribution in [2.75, 3.05) is 0 Å². The van der Waals surface area contributed by atoms with Gasteiger partial charge in [0.1, 0.15) is 0 Å². The summed E-state index contributed by atoms with van der Waals surface area (Å²) in [5, 5.41) is 10.8. The second kappa shape index (κ2) is 2.84. The molecule has 0 bridgehead atoms. The van der Waals surface area contributed by atoms with E-state index in [1.807, 2.05) is 0 Å². The van der Waals surface area contributed by atoms with Gasteiger partial charge in [0.05, 0.1) is 11.3 Å². The summed E-state index contributed by atoms with van der Waals surface area (Å²) in [5.74, 6) is 0. The zero-order valence-electron chi connectivity index (χ0n) is 5.21. The fourth-order valence-corrected chi connectivity index (χ4v) is 0.901. The molecular formula is C6H6ClNO2. The van der Waals surface area contributed by atoms with Crippen molar-refractivity contribution in [1.82, 2.24) is 0 Å². The number of nitro groups is 1. The quantitative estimate of drug-likeness (QED) is 0.434. The lowest BCUT2D eigenvalue weighted by atomic mass is 10.1. The fourth-order valence-electron chi connectivity index (χ4n) is 0.746. The molecule has 0 saturated heterocycles. The second-order valence-electron chi connectivity index (χ2n) is 2.01. The molecule has 0 unspecified atom stereocenters. The van der Waals surface area contributed by atoms with Crippen molar-refractivity contribution < 1.29 is 4.92 Å². The molecule has 0 spiro atoms. The lowest BCUT2D eigenvalue weighted by Crippen LogP contribution is -2.00. The van der Waals surface area contributed by atoms with Crippen LogP contribution < -0.4 is 0 Å². The molecule has 0 aromatic carbocycles. The molecule has 0 aromatic rings. The molecule has 0 aliphatic heterocycles. The largest absolute Gasteiger partial charge is 0.259 e. The molecule has 10 heavy (non-hydrogen) atoms. The van der Waals surface area contributed by atoms with Crippen LogP contribution in [0.4, 0.5) is 0 Å². The molecule has 0 heterocycles. The standard InChI is InChI=1S/C6H6ClNO2/c7-5-1-3-6(4-2-5)8(9)10/h1,4H,2-3H2. The molecule has 1 aliphatic carbocycles. The van der Waals surface area contributed by atoms with Gasteiger partial charge in [0.15, 0.2) is 0 Å². The molecule has 1 aliphatic rings. The van der Waals surface area contributed by atoms with Crippen LogP contribution in [-0.4, -0.2) is 4.92 Å². The van der Waals surface area contributed by atoms with Gasteiger partial charge in [-0.25, -0.2) is 0 Å².